The van der Waals surface area contributed by atoms with Crippen LogP contribution in [0.3, 0.4) is 0 Å². The van der Waals surface area contributed by atoms with Crippen molar-refractivity contribution in [2.75, 3.05) is 0 Å². The van der Waals surface area contributed by atoms with Crippen LogP contribution in [-0.2, 0) is 17.8 Å². The van der Waals surface area contributed by atoms with E-state index in [1.54, 1.807) is 29.7 Å². The quantitative estimate of drug-likeness (QED) is 0.243. The first-order valence-electron chi connectivity index (χ1n) is 10.9. The van der Waals surface area contributed by atoms with E-state index in [1.807, 2.05) is 30.3 Å². The van der Waals surface area contributed by atoms with E-state index in [1.165, 1.54) is 0 Å². The average Bonchev–Trinajstić information content (AvgIpc) is 3.25. The number of hydrogen-bond acceptors (Lipinski definition) is 4. The summed E-state index contributed by atoms with van der Waals surface area (Å²) in [5.74, 6) is -0.650. The Kier molecular flexibility index (Phi) is 5.64. The minimum Gasteiger partial charge on any atom is -0.357 e. The third-order valence-corrected chi connectivity index (χ3v) is 6.15. The predicted octanol–water partition coefficient (Wildman–Crippen LogP) is 3.21. The number of aromatic nitrogens is 1. The fourth-order valence-corrected chi connectivity index (χ4v) is 4.46. The largest absolute Gasteiger partial charge is 0.357 e. The Morgan fingerprint density at radius 3 is 2.42 bits per heavy atom. The van der Waals surface area contributed by atoms with Gasteiger partial charge in [-0.2, -0.15) is 0 Å². The van der Waals surface area contributed by atoms with Crippen LogP contribution < -0.4 is 16.1 Å². The first-order chi connectivity index (χ1) is 16.1. The summed E-state index contributed by atoms with van der Waals surface area (Å²) in [6.45, 7) is 0.342. The molecule has 4 aromatic rings. The zero-order valence-electron chi connectivity index (χ0n) is 17.8. The molecular weight excluding hydrogens is 416 g/mol. The molecule has 5 rings (SSSR count). The van der Waals surface area contributed by atoms with E-state index in [-0.39, 0.29) is 18.0 Å². The molecule has 0 saturated carbocycles. The summed E-state index contributed by atoms with van der Waals surface area (Å²) < 4.78 is 0. The van der Waals surface area contributed by atoms with Gasteiger partial charge in [0, 0.05) is 28.7 Å². The van der Waals surface area contributed by atoms with Gasteiger partial charge in [0.25, 0.3) is 5.91 Å². The Morgan fingerprint density at radius 1 is 0.939 bits per heavy atom. The van der Waals surface area contributed by atoms with Gasteiger partial charge in [0.05, 0.1) is 12.1 Å². The van der Waals surface area contributed by atoms with Gasteiger partial charge in [0.2, 0.25) is 5.91 Å². The van der Waals surface area contributed by atoms with Crippen LogP contribution in [0, 0.1) is 0 Å². The van der Waals surface area contributed by atoms with E-state index in [0.717, 1.165) is 33.3 Å². The SMILES string of the molecule is O=C(NO)c1ccc(CNC(=O)[C@@H]2Cc3c([nH]c4ccccc34)[C@@H](c3ccccc3)N2)cc1. The molecule has 0 saturated heterocycles. The van der Waals surface area contributed by atoms with Gasteiger partial charge >= 0.3 is 0 Å². The smallest absolute Gasteiger partial charge is 0.274 e. The van der Waals surface area contributed by atoms with Crippen LogP contribution in [0.5, 0.6) is 0 Å². The zero-order valence-corrected chi connectivity index (χ0v) is 17.8. The molecule has 1 aliphatic rings. The van der Waals surface area contributed by atoms with Crippen molar-refractivity contribution in [3.63, 3.8) is 0 Å². The third-order valence-electron chi connectivity index (χ3n) is 6.15. The number of carbonyl (C=O) groups is 2. The summed E-state index contributed by atoms with van der Waals surface area (Å²) in [6.07, 6.45) is 0.587. The molecular formula is C26H24N4O3. The van der Waals surface area contributed by atoms with E-state index in [0.29, 0.717) is 18.5 Å². The van der Waals surface area contributed by atoms with Crippen LogP contribution in [0.15, 0.2) is 78.9 Å². The van der Waals surface area contributed by atoms with E-state index in [9.17, 15) is 9.59 Å². The van der Waals surface area contributed by atoms with Crippen LogP contribution >= 0.6 is 0 Å². The number of aromatic amines is 1. The molecule has 7 heteroatoms. The van der Waals surface area contributed by atoms with Crippen LogP contribution in [0.4, 0.5) is 0 Å². The second-order valence-electron chi connectivity index (χ2n) is 8.19. The summed E-state index contributed by atoms with van der Waals surface area (Å²) in [6, 6.07) is 24.5. The molecule has 0 fully saturated rings. The molecule has 2 amide bonds. The number of carbonyl (C=O) groups excluding carboxylic acids is 2. The van der Waals surface area contributed by atoms with Gasteiger partial charge < -0.3 is 10.3 Å². The lowest BCUT2D eigenvalue weighted by Crippen LogP contribution is -2.49. The number of hydroxylamine groups is 1. The summed E-state index contributed by atoms with van der Waals surface area (Å²) in [5.41, 5.74) is 7.25. The van der Waals surface area contributed by atoms with E-state index in [2.05, 4.69) is 39.9 Å². The number of nitrogens with one attached hydrogen (secondary N) is 4. The molecule has 2 atom stereocenters. The molecule has 1 aliphatic heterocycles. The van der Waals surface area contributed by atoms with Gasteiger partial charge in [-0.1, -0.05) is 60.7 Å². The zero-order chi connectivity index (χ0) is 22.8. The van der Waals surface area contributed by atoms with Crippen molar-refractivity contribution in [3.8, 4) is 0 Å². The maximum atomic E-state index is 13.2. The van der Waals surface area contributed by atoms with Crippen LogP contribution in [-0.4, -0.2) is 28.0 Å². The highest BCUT2D eigenvalue weighted by molar-refractivity contribution is 5.93. The lowest BCUT2D eigenvalue weighted by Gasteiger charge is -2.31. The normalized spacial score (nSPS) is 17.4. The second-order valence-corrected chi connectivity index (χ2v) is 8.19. The summed E-state index contributed by atoms with van der Waals surface area (Å²) >= 11 is 0. The fraction of sp³-hybridized carbons (Fsp3) is 0.154. The van der Waals surface area contributed by atoms with E-state index >= 15 is 0 Å². The Bertz CT molecular complexity index is 1300. The van der Waals surface area contributed by atoms with Crippen molar-refractivity contribution in [1.29, 1.82) is 0 Å². The second kappa shape index (κ2) is 8.90. The number of fused-ring (bicyclic) bond motifs is 3. The summed E-state index contributed by atoms with van der Waals surface area (Å²) in [5, 5.41) is 16.4. The molecule has 0 unspecified atom stereocenters. The lowest BCUT2D eigenvalue weighted by atomic mass is 9.90. The first kappa shape index (κ1) is 20.9. The Balaban J connectivity index is 1.37. The van der Waals surface area contributed by atoms with Gasteiger partial charge in [0.15, 0.2) is 0 Å². The van der Waals surface area contributed by atoms with E-state index in [4.69, 9.17) is 5.21 Å². The number of amides is 2. The molecule has 1 aromatic heterocycles. The highest BCUT2D eigenvalue weighted by atomic mass is 16.5. The Morgan fingerprint density at radius 2 is 1.67 bits per heavy atom. The molecule has 0 aliphatic carbocycles. The van der Waals surface area contributed by atoms with Gasteiger partial charge in [-0.3, -0.25) is 20.1 Å². The molecule has 0 bridgehead atoms. The third kappa shape index (κ3) is 4.11. The van der Waals surface area contributed by atoms with Crippen LogP contribution in [0.25, 0.3) is 10.9 Å². The summed E-state index contributed by atoms with van der Waals surface area (Å²) in [4.78, 5) is 28.2. The number of para-hydroxylation sites is 1. The predicted molar refractivity (Wildman–Crippen MR) is 125 cm³/mol. The van der Waals surface area contributed by atoms with Crippen LogP contribution in [0.2, 0.25) is 0 Å². The molecule has 7 nitrogen and oxygen atoms in total. The Labute approximate surface area is 190 Å². The van der Waals surface area contributed by atoms with Crippen molar-refractivity contribution >= 4 is 22.7 Å². The Hall–Kier alpha value is -3.94. The summed E-state index contributed by atoms with van der Waals surface area (Å²) in [7, 11) is 0. The fourth-order valence-electron chi connectivity index (χ4n) is 4.46. The minimum absolute atomic E-state index is 0.0796. The monoisotopic (exact) mass is 440 g/mol. The van der Waals surface area contributed by atoms with Crippen molar-refractivity contribution in [1.82, 2.24) is 21.1 Å². The van der Waals surface area contributed by atoms with Gasteiger partial charge in [-0.15, -0.1) is 0 Å². The highest BCUT2D eigenvalue weighted by Crippen LogP contribution is 2.35. The number of hydrogen-bond donors (Lipinski definition) is 5. The van der Waals surface area contributed by atoms with Gasteiger partial charge in [-0.25, -0.2) is 5.48 Å². The van der Waals surface area contributed by atoms with Gasteiger partial charge in [0.1, 0.15) is 0 Å². The number of H-pyrrole nitrogens is 1. The standard InChI is InChI=1S/C26H24N4O3/c31-25(30-33)18-12-10-16(11-13-18)15-27-26(32)22-14-20-19-8-4-5-9-21(19)28-24(20)23(29-22)17-6-2-1-3-7-17/h1-13,22-23,28-29,33H,14-15H2,(H,27,32)(H,30,31)/t22-,23+/m0/s1. The topological polar surface area (TPSA) is 106 Å². The molecule has 166 valence electrons. The molecule has 0 radical (unpaired) electrons. The van der Waals surface area contributed by atoms with E-state index < -0.39 is 5.91 Å². The highest BCUT2D eigenvalue weighted by Gasteiger charge is 2.33. The first-order valence-corrected chi connectivity index (χ1v) is 10.9. The van der Waals surface area contributed by atoms with Crippen molar-refractivity contribution in [2.24, 2.45) is 0 Å². The molecule has 2 heterocycles. The molecule has 0 spiro atoms. The lowest BCUT2D eigenvalue weighted by molar-refractivity contribution is -0.123. The van der Waals surface area contributed by atoms with Crippen molar-refractivity contribution in [2.45, 2.75) is 25.0 Å². The maximum absolute atomic E-state index is 13.2. The number of benzene rings is 3. The molecule has 5 N–H and O–H groups in total. The number of rotatable bonds is 5. The van der Waals surface area contributed by atoms with Gasteiger partial charge in [-0.05, 0) is 41.3 Å². The average molecular weight is 441 g/mol. The van der Waals surface area contributed by atoms with Crippen molar-refractivity contribution < 1.29 is 14.8 Å². The maximum Gasteiger partial charge on any atom is 0.274 e. The molecule has 33 heavy (non-hydrogen) atoms. The minimum atomic E-state index is -0.571. The van der Waals surface area contributed by atoms with Crippen molar-refractivity contribution in [3.05, 3.63) is 107 Å². The molecule has 3 aromatic carbocycles. The van der Waals surface area contributed by atoms with Crippen LogP contribution in [0.1, 0.15) is 38.8 Å².